The number of hydrogen-bond donors (Lipinski definition) is 0. The number of benzene rings is 1. The van der Waals surface area contributed by atoms with Gasteiger partial charge < -0.3 is 4.74 Å². The van der Waals surface area contributed by atoms with Crippen LogP contribution < -0.4 is 10.6 Å². The second-order valence-corrected chi connectivity index (χ2v) is 3.15. The number of nitrogens with zero attached hydrogens (tertiary/aromatic N) is 2. The van der Waals surface area contributed by atoms with Crippen molar-refractivity contribution >= 4 is 18.3 Å². The third-order valence-corrected chi connectivity index (χ3v) is 2.17. The molecule has 0 N–H and O–H groups in total. The van der Waals surface area contributed by atoms with E-state index in [-0.39, 0.29) is 0 Å². The van der Waals surface area contributed by atoms with Crippen molar-refractivity contribution in [3.8, 4) is 0 Å². The molecule has 0 bridgehead atoms. The fraction of sp³-hybridized carbons (Fsp3) is 0.0833. The van der Waals surface area contributed by atoms with Gasteiger partial charge in [0.2, 0.25) is 0 Å². The second-order valence-electron chi connectivity index (χ2n) is 3.15. The Bertz CT molecular complexity index is 586. The molecule has 0 atom stereocenters. The predicted octanol–water partition coefficient (Wildman–Crippen LogP) is 0.429. The van der Waals surface area contributed by atoms with Crippen molar-refractivity contribution in [2.45, 2.75) is 0 Å². The van der Waals surface area contributed by atoms with E-state index in [1.165, 1.54) is 7.11 Å². The largest absolute Gasteiger partial charge is 0.465 e. The summed E-state index contributed by atoms with van der Waals surface area (Å²) in [5.74, 6) is -0.409. The molecule has 1 aromatic carbocycles. The van der Waals surface area contributed by atoms with E-state index in [0.717, 1.165) is 5.22 Å². The summed E-state index contributed by atoms with van der Waals surface area (Å²) in [5.41, 5.74) is 0.420. The number of esters is 1. The Balaban J connectivity index is 2.76. The first-order valence-electron chi connectivity index (χ1n) is 4.78. The zero-order valence-electron chi connectivity index (χ0n) is 8.75. The molecule has 1 aromatic rings. The van der Waals surface area contributed by atoms with Gasteiger partial charge in [-0.3, -0.25) is 0 Å². The highest BCUT2D eigenvalue weighted by atomic mass is 16.5. The minimum Gasteiger partial charge on any atom is -0.465 e. The lowest BCUT2D eigenvalue weighted by molar-refractivity contribution is 0.0598. The zero-order valence-corrected chi connectivity index (χ0v) is 8.75. The van der Waals surface area contributed by atoms with Crippen LogP contribution in [0.5, 0.6) is 0 Å². The third-order valence-electron chi connectivity index (χ3n) is 2.17. The number of allylic oxidation sites excluding steroid dienone is 2. The van der Waals surface area contributed by atoms with Crippen molar-refractivity contribution in [3.05, 3.63) is 46.5 Å². The van der Waals surface area contributed by atoms with Crippen molar-refractivity contribution in [2.75, 3.05) is 7.11 Å². The molecule has 4 heteroatoms. The van der Waals surface area contributed by atoms with Crippen LogP contribution in [0.1, 0.15) is 10.4 Å². The number of rotatable bonds is 1. The van der Waals surface area contributed by atoms with Crippen LogP contribution in [0.25, 0.3) is 6.08 Å². The van der Waals surface area contributed by atoms with Gasteiger partial charge in [0.15, 0.2) is 0 Å². The smallest absolute Gasteiger partial charge is 0.340 e. The number of ether oxygens (including phenoxy) is 1. The summed E-state index contributed by atoms with van der Waals surface area (Å²) in [5, 5.41) is 9.22. The number of carbonyl (C=O) groups excluding carboxylic acids is 1. The molecule has 0 unspecified atom stereocenters. The van der Waals surface area contributed by atoms with Crippen LogP contribution in [-0.2, 0) is 4.74 Å². The van der Waals surface area contributed by atoms with E-state index >= 15 is 0 Å². The van der Waals surface area contributed by atoms with Gasteiger partial charge in [0.05, 0.1) is 12.7 Å². The van der Waals surface area contributed by atoms with Crippen molar-refractivity contribution in [1.82, 2.24) is 0 Å². The minimum absolute atomic E-state index is 0.409. The van der Waals surface area contributed by atoms with E-state index in [1.807, 2.05) is 18.2 Å². The topological polar surface area (TPSA) is 51.0 Å². The Morgan fingerprint density at radius 3 is 3.00 bits per heavy atom. The molecule has 0 amide bonds. The maximum absolute atomic E-state index is 11.5. The molecule has 2 rings (SSSR count). The summed E-state index contributed by atoms with van der Waals surface area (Å²) in [7, 11) is 1.34. The first-order valence-corrected chi connectivity index (χ1v) is 4.78. The van der Waals surface area contributed by atoms with Gasteiger partial charge in [0.25, 0.3) is 0 Å². The number of methoxy groups -OCH3 is 1. The van der Waals surface area contributed by atoms with Crippen LogP contribution in [0.3, 0.4) is 0 Å². The SMILES string of the molecule is COC(=O)c1cccc2/c1=N\N=C/C=C\C=2. The number of carbonyl (C=O) groups is 1. The van der Waals surface area contributed by atoms with Gasteiger partial charge in [-0.05, 0) is 12.1 Å². The molecule has 80 valence electrons. The van der Waals surface area contributed by atoms with Crippen LogP contribution in [0.4, 0.5) is 0 Å². The fourth-order valence-corrected chi connectivity index (χ4v) is 1.42. The molecule has 0 radical (unpaired) electrons. The normalized spacial score (nSPS) is 21.1. The highest BCUT2D eigenvalue weighted by Crippen LogP contribution is 1.92. The molecule has 0 aromatic heterocycles. The van der Waals surface area contributed by atoms with Gasteiger partial charge in [-0.25, -0.2) is 4.79 Å². The zero-order chi connectivity index (χ0) is 11.4. The Kier molecular flexibility index (Phi) is 2.91. The molecule has 0 aliphatic carbocycles. The Morgan fingerprint density at radius 1 is 1.31 bits per heavy atom. The summed E-state index contributed by atoms with van der Waals surface area (Å²) in [6.07, 6.45) is 7.05. The van der Waals surface area contributed by atoms with Crippen LogP contribution >= 0.6 is 0 Å². The summed E-state index contributed by atoms with van der Waals surface area (Å²) >= 11 is 0. The maximum atomic E-state index is 11.5. The van der Waals surface area contributed by atoms with Crippen molar-refractivity contribution in [1.29, 1.82) is 0 Å². The summed E-state index contributed by atoms with van der Waals surface area (Å²) in [6, 6.07) is 5.33. The van der Waals surface area contributed by atoms with Gasteiger partial charge in [-0.2, -0.15) is 5.10 Å². The monoisotopic (exact) mass is 214 g/mol. The van der Waals surface area contributed by atoms with E-state index in [9.17, 15) is 4.79 Å². The number of fused-ring (bicyclic) bond motifs is 1. The van der Waals surface area contributed by atoms with Crippen LogP contribution in [0.15, 0.2) is 40.6 Å². The van der Waals surface area contributed by atoms with Crippen LogP contribution in [0, 0.1) is 0 Å². The molecule has 0 fully saturated rings. The molecular weight excluding hydrogens is 204 g/mol. The molecule has 0 saturated heterocycles. The van der Waals surface area contributed by atoms with Crippen molar-refractivity contribution < 1.29 is 9.53 Å². The number of hydrogen-bond acceptors (Lipinski definition) is 4. The van der Waals surface area contributed by atoms with Crippen molar-refractivity contribution in [3.63, 3.8) is 0 Å². The van der Waals surface area contributed by atoms with Gasteiger partial charge in [-0.1, -0.05) is 24.3 Å². The maximum Gasteiger partial charge on any atom is 0.340 e. The van der Waals surface area contributed by atoms with E-state index < -0.39 is 5.97 Å². The quantitative estimate of drug-likeness (QED) is 0.636. The average molecular weight is 214 g/mol. The predicted molar refractivity (Wildman–Crippen MR) is 60.7 cm³/mol. The first-order chi connectivity index (χ1) is 7.83. The highest BCUT2D eigenvalue weighted by Gasteiger charge is 2.08. The van der Waals surface area contributed by atoms with Gasteiger partial charge in [0, 0.05) is 11.4 Å². The van der Waals surface area contributed by atoms with Crippen LogP contribution in [-0.4, -0.2) is 19.3 Å². The molecule has 1 heterocycles. The molecular formula is C12H10N2O2. The third kappa shape index (κ3) is 1.91. The van der Waals surface area contributed by atoms with Gasteiger partial charge in [0.1, 0.15) is 5.36 Å². The lowest BCUT2D eigenvalue weighted by Crippen LogP contribution is -2.31. The summed E-state index contributed by atoms with van der Waals surface area (Å²) in [4.78, 5) is 11.5. The molecule has 16 heavy (non-hydrogen) atoms. The van der Waals surface area contributed by atoms with Gasteiger partial charge in [-0.15, -0.1) is 5.10 Å². The minimum atomic E-state index is -0.409. The fourth-order valence-electron chi connectivity index (χ4n) is 1.42. The Labute approximate surface area is 92.3 Å². The lowest BCUT2D eigenvalue weighted by Gasteiger charge is -1.99. The Hall–Kier alpha value is -2.23. The summed E-state index contributed by atoms with van der Waals surface area (Å²) < 4.78 is 4.69. The first kappa shape index (κ1) is 10.3. The molecule has 1 aliphatic rings. The molecule has 0 saturated carbocycles. The molecule has 4 nitrogen and oxygen atoms in total. The van der Waals surface area contributed by atoms with Crippen LogP contribution in [0.2, 0.25) is 0 Å². The second kappa shape index (κ2) is 4.53. The standard InChI is InChI=1S/C12H10N2O2/c1-16-12(15)10-7-4-6-9-5-2-3-8-13-14-11(9)10/h2-8H,1H3/b3-2-,5-2?,8-3?,9-5-,13-8-,14-11+,14-13?. The van der Waals surface area contributed by atoms with E-state index in [4.69, 9.17) is 4.74 Å². The van der Waals surface area contributed by atoms with Crippen molar-refractivity contribution in [2.24, 2.45) is 10.2 Å². The average Bonchev–Trinajstić information content (AvgIpc) is 2.28. The van der Waals surface area contributed by atoms with E-state index in [1.54, 1.807) is 24.4 Å². The van der Waals surface area contributed by atoms with E-state index in [2.05, 4.69) is 10.2 Å². The van der Waals surface area contributed by atoms with Gasteiger partial charge >= 0.3 is 5.97 Å². The molecule has 1 aliphatic heterocycles. The lowest BCUT2D eigenvalue weighted by atomic mass is 10.1. The van der Waals surface area contributed by atoms with E-state index in [0.29, 0.717) is 10.9 Å². The molecule has 0 spiro atoms. The Morgan fingerprint density at radius 2 is 2.19 bits per heavy atom. The highest BCUT2D eigenvalue weighted by molar-refractivity contribution is 5.89. The summed E-state index contributed by atoms with van der Waals surface area (Å²) in [6.45, 7) is 0.